The van der Waals surface area contributed by atoms with Gasteiger partial charge in [-0.1, -0.05) is 35.0 Å². The predicted octanol–water partition coefficient (Wildman–Crippen LogP) is 4.99. The number of benzene rings is 2. The van der Waals surface area contributed by atoms with E-state index in [9.17, 15) is 18.4 Å². The van der Waals surface area contributed by atoms with Gasteiger partial charge < -0.3 is 15.0 Å². The van der Waals surface area contributed by atoms with Gasteiger partial charge in [0.2, 0.25) is 0 Å². The number of carbonyl (C=O) groups excluding carboxylic acids is 2. The molecule has 0 saturated heterocycles. The number of aromatic nitrogens is 1. The zero-order valence-electron chi connectivity index (χ0n) is 20.1. The van der Waals surface area contributed by atoms with E-state index in [1.807, 2.05) is 25.1 Å². The van der Waals surface area contributed by atoms with Gasteiger partial charge in [0.25, 0.3) is 5.91 Å². The van der Waals surface area contributed by atoms with Crippen molar-refractivity contribution in [3.63, 3.8) is 0 Å². The molecule has 1 aliphatic rings. The molecule has 1 heterocycles. The number of carbonyl (C=O) groups is 2. The van der Waals surface area contributed by atoms with Crippen LogP contribution in [0.15, 0.2) is 47.0 Å². The number of nitrogens with two attached hydrogens (primary N) is 1. The number of nitrogens with zero attached hydrogens (tertiary/aromatic N) is 2. The van der Waals surface area contributed by atoms with E-state index in [0.29, 0.717) is 12.8 Å². The van der Waals surface area contributed by atoms with Crippen molar-refractivity contribution in [3.05, 3.63) is 76.0 Å². The van der Waals surface area contributed by atoms with E-state index in [1.54, 1.807) is 6.07 Å². The Balaban J connectivity index is 1.66. The molecule has 2 N–H and O–H groups in total. The Morgan fingerprint density at radius 2 is 1.78 bits per heavy atom. The number of hydrogen-bond acceptors (Lipinski definition) is 6. The van der Waals surface area contributed by atoms with Crippen molar-refractivity contribution in [2.24, 2.45) is 5.73 Å². The molecular formula is C26H26ClF2N3O4. The van der Waals surface area contributed by atoms with Gasteiger partial charge in [-0.15, -0.1) is 0 Å². The Labute approximate surface area is 212 Å². The molecule has 0 spiro atoms. The molecule has 0 aliphatic heterocycles. The van der Waals surface area contributed by atoms with Crippen LogP contribution in [-0.4, -0.2) is 41.6 Å². The molecule has 1 aliphatic carbocycles. The highest BCUT2D eigenvalue weighted by Crippen LogP contribution is 2.46. The van der Waals surface area contributed by atoms with Gasteiger partial charge >= 0.3 is 5.97 Å². The molecule has 0 radical (unpaired) electrons. The molecule has 0 bridgehead atoms. The second-order valence-electron chi connectivity index (χ2n) is 9.24. The summed E-state index contributed by atoms with van der Waals surface area (Å²) in [6.07, 6.45) is 0.939. The van der Waals surface area contributed by atoms with E-state index in [2.05, 4.69) is 5.16 Å². The monoisotopic (exact) mass is 517 g/mol. The van der Waals surface area contributed by atoms with Crippen LogP contribution in [0.2, 0.25) is 5.02 Å². The SMILES string of the molecule is Cc1onc(-c2c(F)cccc2Cl)c1C(=O)OC1(C(N)=O)CCC(c2cccc(F)c2)(N(C)C)CC1. The van der Waals surface area contributed by atoms with Gasteiger partial charge in [0.1, 0.15) is 28.7 Å². The number of rotatable bonds is 6. The highest BCUT2D eigenvalue weighted by atomic mass is 35.5. The van der Waals surface area contributed by atoms with Crippen molar-refractivity contribution in [2.45, 2.75) is 43.7 Å². The van der Waals surface area contributed by atoms with Gasteiger partial charge in [-0.25, -0.2) is 13.6 Å². The van der Waals surface area contributed by atoms with Crippen LogP contribution in [0.25, 0.3) is 11.3 Å². The van der Waals surface area contributed by atoms with Crippen LogP contribution in [0.3, 0.4) is 0 Å². The largest absolute Gasteiger partial charge is 0.445 e. The van der Waals surface area contributed by atoms with E-state index < -0.39 is 28.8 Å². The summed E-state index contributed by atoms with van der Waals surface area (Å²) in [6.45, 7) is 1.47. The summed E-state index contributed by atoms with van der Waals surface area (Å²) in [5.74, 6) is -2.72. The van der Waals surface area contributed by atoms with Gasteiger partial charge in [-0.3, -0.25) is 9.69 Å². The third kappa shape index (κ3) is 4.37. The average molecular weight is 518 g/mol. The fourth-order valence-corrected chi connectivity index (χ4v) is 5.23. The van der Waals surface area contributed by atoms with E-state index in [-0.39, 0.29) is 46.3 Å². The summed E-state index contributed by atoms with van der Waals surface area (Å²) in [5, 5.41) is 3.86. The third-order valence-electron chi connectivity index (χ3n) is 7.11. The van der Waals surface area contributed by atoms with Crippen molar-refractivity contribution in [3.8, 4) is 11.3 Å². The molecular weight excluding hydrogens is 492 g/mol. The Morgan fingerprint density at radius 3 is 2.36 bits per heavy atom. The maximum Gasteiger partial charge on any atom is 0.345 e. The van der Waals surface area contributed by atoms with Crippen molar-refractivity contribution in [2.75, 3.05) is 14.1 Å². The van der Waals surface area contributed by atoms with Crippen LogP contribution in [0.5, 0.6) is 0 Å². The Bertz CT molecular complexity index is 1300. The third-order valence-corrected chi connectivity index (χ3v) is 7.42. The first-order valence-electron chi connectivity index (χ1n) is 11.4. The average Bonchev–Trinajstić information content (AvgIpc) is 3.20. The number of aryl methyl sites for hydroxylation is 1. The van der Waals surface area contributed by atoms with Crippen LogP contribution < -0.4 is 5.73 Å². The Kier molecular flexibility index (Phi) is 6.90. The normalized spacial score (nSPS) is 22.0. The fourth-order valence-electron chi connectivity index (χ4n) is 4.97. The molecule has 0 unspecified atom stereocenters. The molecule has 36 heavy (non-hydrogen) atoms. The lowest BCUT2D eigenvalue weighted by atomic mass is 9.69. The fraction of sp³-hybridized carbons (Fsp3) is 0.346. The molecule has 4 rings (SSSR count). The molecule has 0 atom stereocenters. The standard InChI is InChI=1S/C26H26ClF2N3O4/c1-15-20(22(31-36-15)21-18(27)8-5-9-19(21)29)23(33)35-26(24(30)34)12-10-25(11-13-26,32(2)3)16-6-4-7-17(28)14-16/h4-9,14H,10-13H2,1-3H3,(H2,30,34). The zero-order valence-corrected chi connectivity index (χ0v) is 20.9. The van der Waals surface area contributed by atoms with E-state index in [0.717, 1.165) is 5.56 Å². The minimum atomic E-state index is -1.62. The second-order valence-corrected chi connectivity index (χ2v) is 9.65. The summed E-state index contributed by atoms with van der Waals surface area (Å²) in [5.41, 5.74) is 3.92. The minimum absolute atomic E-state index is 0.0329. The van der Waals surface area contributed by atoms with E-state index in [4.69, 9.17) is 26.6 Å². The minimum Gasteiger partial charge on any atom is -0.445 e. The molecule has 1 aromatic heterocycles. The summed E-state index contributed by atoms with van der Waals surface area (Å²) in [7, 11) is 3.75. The van der Waals surface area contributed by atoms with Crippen LogP contribution in [0.4, 0.5) is 8.78 Å². The van der Waals surface area contributed by atoms with E-state index in [1.165, 1.54) is 37.3 Å². The lowest BCUT2D eigenvalue weighted by molar-refractivity contribution is -0.144. The summed E-state index contributed by atoms with van der Waals surface area (Å²) in [4.78, 5) is 28.0. The second kappa shape index (κ2) is 9.63. The lowest BCUT2D eigenvalue weighted by Crippen LogP contribution is -2.55. The first-order valence-corrected chi connectivity index (χ1v) is 11.8. The Morgan fingerprint density at radius 1 is 1.11 bits per heavy atom. The number of hydrogen-bond donors (Lipinski definition) is 1. The highest BCUT2D eigenvalue weighted by molar-refractivity contribution is 6.33. The number of primary amides is 1. The van der Waals surface area contributed by atoms with Gasteiger partial charge in [0.05, 0.1) is 10.6 Å². The van der Waals surface area contributed by atoms with Crippen molar-refractivity contribution < 1.29 is 27.6 Å². The van der Waals surface area contributed by atoms with Gasteiger partial charge in [0.15, 0.2) is 5.60 Å². The first-order chi connectivity index (χ1) is 17.0. The van der Waals surface area contributed by atoms with E-state index >= 15 is 0 Å². The van der Waals surface area contributed by atoms with Crippen LogP contribution in [0, 0.1) is 18.6 Å². The number of ether oxygens (including phenoxy) is 1. The highest BCUT2D eigenvalue weighted by Gasteiger charge is 2.51. The molecule has 10 heteroatoms. The molecule has 1 fully saturated rings. The molecule has 3 aromatic rings. The van der Waals surface area contributed by atoms with Crippen LogP contribution in [0.1, 0.15) is 47.4 Å². The molecule has 1 amide bonds. The van der Waals surface area contributed by atoms with Gasteiger partial charge in [-0.2, -0.15) is 0 Å². The maximum atomic E-state index is 14.6. The van der Waals surface area contributed by atoms with Crippen LogP contribution in [-0.2, 0) is 15.1 Å². The Hall–Kier alpha value is -3.30. The number of halogens is 3. The summed E-state index contributed by atoms with van der Waals surface area (Å²) >= 11 is 6.17. The molecule has 2 aromatic carbocycles. The smallest absolute Gasteiger partial charge is 0.345 e. The van der Waals surface area contributed by atoms with Crippen LogP contribution >= 0.6 is 11.6 Å². The maximum absolute atomic E-state index is 14.6. The zero-order chi connectivity index (χ0) is 26.3. The number of amides is 1. The van der Waals surface area contributed by atoms with Gasteiger partial charge in [-0.05, 0) is 76.5 Å². The molecule has 1 saturated carbocycles. The quantitative estimate of drug-likeness (QED) is 0.462. The molecule has 7 nitrogen and oxygen atoms in total. The molecule has 190 valence electrons. The van der Waals surface area contributed by atoms with Crippen molar-refractivity contribution in [1.29, 1.82) is 0 Å². The van der Waals surface area contributed by atoms with Crippen molar-refractivity contribution in [1.82, 2.24) is 10.1 Å². The predicted molar refractivity (Wildman–Crippen MR) is 129 cm³/mol. The lowest BCUT2D eigenvalue weighted by Gasteiger charge is -2.48. The first kappa shape index (κ1) is 25.8. The number of esters is 1. The summed E-state index contributed by atoms with van der Waals surface area (Å²) < 4.78 is 39.5. The van der Waals surface area contributed by atoms with Gasteiger partial charge in [0, 0.05) is 5.54 Å². The summed E-state index contributed by atoms with van der Waals surface area (Å²) in [6, 6.07) is 10.4. The van der Waals surface area contributed by atoms with Crippen molar-refractivity contribution >= 4 is 23.5 Å². The topological polar surface area (TPSA) is 98.7 Å².